The van der Waals surface area contributed by atoms with Gasteiger partial charge in [0.2, 0.25) is 0 Å². The summed E-state index contributed by atoms with van der Waals surface area (Å²) in [4.78, 5) is 1.87. The van der Waals surface area contributed by atoms with Crippen LogP contribution < -0.4 is 10.4 Å². The molecule has 0 fully saturated rings. The van der Waals surface area contributed by atoms with E-state index in [2.05, 4.69) is 22.5 Å². The molecule has 0 saturated carbocycles. The van der Waals surface area contributed by atoms with Crippen LogP contribution >= 0.6 is 15.9 Å². The minimum atomic E-state index is 1.05. The van der Waals surface area contributed by atoms with Crippen LogP contribution in [0.2, 0.25) is 0 Å². The van der Waals surface area contributed by atoms with E-state index in [0.717, 1.165) is 10.4 Å². The number of hydrogen-bond acceptors (Lipinski definition) is 0. The van der Waals surface area contributed by atoms with Gasteiger partial charge in [-0.3, -0.25) is 0 Å². The molecule has 0 aliphatic rings. The lowest BCUT2D eigenvalue weighted by Crippen LogP contribution is -2.20. The maximum absolute atomic E-state index is 3.83. The molecular formula is C8H7Br. The third-order valence-corrected chi connectivity index (χ3v) is 1.67. The Kier molecular flexibility index (Phi) is 2.06. The van der Waals surface area contributed by atoms with E-state index in [1.807, 2.05) is 29.3 Å². The molecule has 1 aromatic rings. The lowest BCUT2D eigenvalue weighted by Gasteiger charge is -1.82. The molecule has 0 heterocycles. The Morgan fingerprint density at radius 3 is 2.44 bits per heavy atom. The molecule has 0 saturated heterocycles. The van der Waals surface area contributed by atoms with Crippen molar-refractivity contribution in [1.82, 2.24) is 0 Å². The zero-order valence-corrected chi connectivity index (χ0v) is 6.56. The highest BCUT2D eigenvalue weighted by Crippen LogP contribution is 1.77. The first-order chi connectivity index (χ1) is 4.34. The predicted molar refractivity (Wildman–Crippen MR) is 44.6 cm³/mol. The molecule has 0 atom stereocenters. The first-order valence-corrected chi connectivity index (χ1v) is 3.60. The van der Waals surface area contributed by atoms with E-state index >= 15 is 0 Å². The van der Waals surface area contributed by atoms with Crippen LogP contribution in [-0.4, -0.2) is 0 Å². The van der Waals surface area contributed by atoms with Crippen LogP contribution in [0.4, 0.5) is 0 Å². The summed E-state index contributed by atoms with van der Waals surface area (Å²) in [5, 5.41) is 2.19. The van der Waals surface area contributed by atoms with Gasteiger partial charge in [-0.1, -0.05) is 46.8 Å². The van der Waals surface area contributed by atoms with Crippen molar-refractivity contribution < 1.29 is 0 Å². The molecule has 0 spiro atoms. The lowest BCUT2D eigenvalue weighted by molar-refractivity contribution is 1.55. The number of halogens is 1. The van der Waals surface area contributed by atoms with Crippen LogP contribution in [0.15, 0.2) is 24.3 Å². The fourth-order valence-electron chi connectivity index (χ4n) is 0.641. The van der Waals surface area contributed by atoms with Crippen molar-refractivity contribution >= 4 is 27.5 Å². The molecule has 0 aliphatic heterocycles. The quantitative estimate of drug-likeness (QED) is 0.567. The Morgan fingerprint density at radius 1 is 1.33 bits per heavy atom. The second-order valence-corrected chi connectivity index (χ2v) is 2.27. The maximum atomic E-state index is 3.83. The van der Waals surface area contributed by atoms with E-state index in [4.69, 9.17) is 0 Å². The second-order valence-electron chi connectivity index (χ2n) is 1.81. The third-order valence-electron chi connectivity index (χ3n) is 1.17. The van der Waals surface area contributed by atoms with Gasteiger partial charge in [0.1, 0.15) is 0 Å². The highest BCUT2D eigenvalue weighted by molar-refractivity contribution is 9.14. The van der Waals surface area contributed by atoms with Crippen molar-refractivity contribution in [2.75, 3.05) is 0 Å². The number of benzene rings is 1. The molecule has 0 aromatic heterocycles. The molecule has 0 unspecified atom stereocenters. The van der Waals surface area contributed by atoms with E-state index in [0.29, 0.717) is 0 Å². The third kappa shape index (κ3) is 1.42. The standard InChI is InChI=1S/C8H7Br/c1-7-4-2-3-5-8(7)6-9/h2-6H,1H2/b8-6-. The highest BCUT2D eigenvalue weighted by Gasteiger charge is 1.75. The first kappa shape index (κ1) is 6.56. The van der Waals surface area contributed by atoms with Crippen molar-refractivity contribution in [3.05, 3.63) is 34.7 Å². The van der Waals surface area contributed by atoms with Crippen LogP contribution in [0.5, 0.6) is 0 Å². The van der Waals surface area contributed by atoms with E-state index in [1.54, 1.807) is 0 Å². The maximum Gasteiger partial charge on any atom is -0.0110 e. The summed E-state index contributed by atoms with van der Waals surface area (Å²) in [5.74, 6) is 0. The predicted octanol–water partition coefficient (Wildman–Crippen LogP) is 1.23. The molecule has 0 radical (unpaired) electrons. The fraction of sp³-hybridized carbons (Fsp3) is 0. The highest BCUT2D eigenvalue weighted by atomic mass is 79.9. The van der Waals surface area contributed by atoms with Gasteiger partial charge in [0.25, 0.3) is 0 Å². The molecule has 1 rings (SSSR count). The van der Waals surface area contributed by atoms with Crippen molar-refractivity contribution in [2.24, 2.45) is 0 Å². The lowest BCUT2D eigenvalue weighted by atomic mass is 10.3. The molecule has 0 bridgehead atoms. The van der Waals surface area contributed by atoms with Crippen LogP contribution in [0, 0.1) is 0 Å². The Hall–Kier alpha value is -0.560. The Bertz CT molecular complexity index is 288. The molecule has 9 heavy (non-hydrogen) atoms. The molecule has 0 nitrogen and oxygen atoms in total. The Morgan fingerprint density at radius 2 is 2.00 bits per heavy atom. The Labute approximate surface area is 62.6 Å². The van der Waals surface area contributed by atoms with E-state index in [1.165, 1.54) is 0 Å². The molecule has 46 valence electrons. The summed E-state index contributed by atoms with van der Waals surface area (Å²) < 4.78 is 0. The van der Waals surface area contributed by atoms with Gasteiger partial charge >= 0.3 is 0 Å². The largest absolute Gasteiger partial charge is 0.0911 e. The summed E-state index contributed by atoms with van der Waals surface area (Å²) in [5.41, 5.74) is 0. The SMILES string of the molecule is C=c1cccc/c1=C/Br. The van der Waals surface area contributed by atoms with E-state index in [-0.39, 0.29) is 0 Å². The van der Waals surface area contributed by atoms with Gasteiger partial charge in [-0.05, 0) is 15.4 Å². The van der Waals surface area contributed by atoms with Gasteiger partial charge in [-0.25, -0.2) is 0 Å². The number of rotatable bonds is 0. The van der Waals surface area contributed by atoms with Gasteiger partial charge in [-0.15, -0.1) is 0 Å². The van der Waals surface area contributed by atoms with Crippen molar-refractivity contribution in [2.45, 2.75) is 0 Å². The monoisotopic (exact) mass is 182 g/mol. The molecular weight excluding hydrogens is 176 g/mol. The molecule has 1 heteroatoms. The van der Waals surface area contributed by atoms with Crippen LogP contribution in [0.25, 0.3) is 11.6 Å². The van der Waals surface area contributed by atoms with Crippen LogP contribution in [0.3, 0.4) is 0 Å². The minimum Gasteiger partial charge on any atom is -0.0911 e. The zero-order chi connectivity index (χ0) is 6.69. The van der Waals surface area contributed by atoms with E-state index < -0.39 is 0 Å². The zero-order valence-electron chi connectivity index (χ0n) is 4.97. The fourth-order valence-corrected chi connectivity index (χ4v) is 1.09. The summed E-state index contributed by atoms with van der Waals surface area (Å²) in [6, 6.07) is 7.95. The Balaban J connectivity index is 3.53. The topological polar surface area (TPSA) is 0 Å². The summed E-state index contributed by atoms with van der Waals surface area (Å²) in [6.45, 7) is 3.83. The number of hydrogen-bond donors (Lipinski definition) is 0. The molecule has 0 amide bonds. The minimum absolute atomic E-state index is 1.05. The van der Waals surface area contributed by atoms with Gasteiger partial charge in [0.15, 0.2) is 0 Å². The smallest absolute Gasteiger partial charge is 0.0110 e. The summed E-state index contributed by atoms with van der Waals surface area (Å²) in [7, 11) is 0. The average Bonchev–Trinajstić information content (AvgIpc) is 1.89. The van der Waals surface area contributed by atoms with Gasteiger partial charge < -0.3 is 0 Å². The average molecular weight is 183 g/mol. The summed E-state index contributed by atoms with van der Waals surface area (Å²) >= 11 is 3.24. The van der Waals surface area contributed by atoms with Crippen molar-refractivity contribution in [3.8, 4) is 0 Å². The van der Waals surface area contributed by atoms with E-state index in [9.17, 15) is 0 Å². The van der Waals surface area contributed by atoms with Crippen molar-refractivity contribution in [3.63, 3.8) is 0 Å². The van der Waals surface area contributed by atoms with Crippen LogP contribution in [0.1, 0.15) is 0 Å². The summed E-state index contributed by atoms with van der Waals surface area (Å²) in [6.07, 6.45) is 0. The second kappa shape index (κ2) is 2.83. The molecule has 0 N–H and O–H groups in total. The molecule has 1 aromatic carbocycles. The normalized spacial score (nSPS) is 11.9. The van der Waals surface area contributed by atoms with Gasteiger partial charge in [0.05, 0.1) is 0 Å². The van der Waals surface area contributed by atoms with Crippen molar-refractivity contribution in [1.29, 1.82) is 0 Å². The van der Waals surface area contributed by atoms with Gasteiger partial charge in [-0.2, -0.15) is 0 Å². The molecule has 0 aliphatic carbocycles. The van der Waals surface area contributed by atoms with Gasteiger partial charge in [0, 0.05) is 0 Å². The first-order valence-electron chi connectivity index (χ1n) is 2.69. The van der Waals surface area contributed by atoms with Crippen LogP contribution in [-0.2, 0) is 0 Å².